The van der Waals surface area contributed by atoms with Gasteiger partial charge in [-0.05, 0) is 93.8 Å². The van der Waals surface area contributed by atoms with Crippen LogP contribution in [0.3, 0.4) is 0 Å². The van der Waals surface area contributed by atoms with E-state index in [4.69, 9.17) is 11.6 Å². The van der Waals surface area contributed by atoms with E-state index in [1.807, 2.05) is 31.2 Å². The largest absolute Gasteiger partial charge is 0.481 e. The molecule has 2 aliphatic rings. The van der Waals surface area contributed by atoms with Gasteiger partial charge in [-0.1, -0.05) is 50.3 Å². The van der Waals surface area contributed by atoms with E-state index < -0.39 is 17.0 Å². The number of aliphatic carboxylic acids is 1. The Hall–Kier alpha value is -2.24. The van der Waals surface area contributed by atoms with E-state index in [1.165, 1.54) is 25.7 Å². The minimum Gasteiger partial charge on any atom is -0.481 e. The van der Waals surface area contributed by atoms with Crippen LogP contribution in [0.25, 0.3) is 0 Å². The molecule has 0 saturated heterocycles. The van der Waals surface area contributed by atoms with Crippen LogP contribution in [0, 0.1) is 5.92 Å². The van der Waals surface area contributed by atoms with Crippen molar-refractivity contribution in [3.63, 3.8) is 0 Å². The van der Waals surface area contributed by atoms with E-state index in [0.29, 0.717) is 17.0 Å². The normalized spacial score (nSPS) is 24.0. The van der Waals surface area contributed by atoms with Crippen molar-refractivity contribution in [2.75, 3.05) is 16.8 Å². The quantitative estimate of drug-likeness (QED) is 0.293. The number of aliphatic hydroxyl groups is 1. The number of carbonyl (C=O) groups is 1. The third-order valence-corrected chi connectivity index (χ3v) is 8.95. The fraction of sp³-hybridized carbons (Fsp3) is 0.581. The molecule has 202 valence electrons. The number of nitrogens with zero attached hydrogens (tertiary/aromatic N) is 1. The van der Waals surface area contributed by atoms with Crippen molar-refractivity contribution in [1.82, 2.24) is 0 Å². The molecule has 2 aromatic rings. The molecule has 0 spiro atoms. The van der Waals surface area contributed by atoms with Gasteiger partial charge in [0.05, 0.1) is 23.4 Å². The molecule has 2 saturated carbocycles. The number of halogens is 1. The van der Waals surface area contributed by atoms with Crippen LogP contribution in [0.15, 0.2) is 42.5 Å². The van der Waals surface area contributed by atoms with Gasteiger partial charge in [-0.2, -0.15) is 0 Å². The van der Waals surface area contributed by atoms with E-state index in [-0.39, 0.29) is 6.42 Å². The van der Waals surface area contributed by atoms with Gasteiger partial charge in [0.15, 0.2) is 0 Å². The van der Waals surface area contributed by atoms with Crippen molar-refractivity contribution in [3.8, 4) is 0 Å². The Labute approximate surface area is 227 Å². The van der Waals surface area contributed by atoms with Crippen molar-refractivity contribution in [1.29, 1.82) is 0 Å². The first-order valence-electron chi connectivity index (χ1n) is 14.0. The highest BCUT2D eigenvalue weighted by molar-refractivity contribution is 6.30. The van der Waals surface area contributed by atoms with Gasteiger partial charge < -0.3 is 20.4 Å². The number of hydrogen-bond acceptors (Lipinski definition) is 4. The molecule has 6 heteroatoms. The lowest BCUT2D eigenvalue weighted by atomic mass is 9.72. The Morgan fingerprint density at radius 1 is 1.11 bits per heavy atom. The maximum atomic E-state index is 12.0. The molecule has 0 aromatic heterocycles. The number of nitrogens with one attached hydrogen (secondary N) is 1. The van der Waals surface area contributed by atoms with Gasteiger partial charge in [0.25, 0.3) is 0 Å². The second kappa shape index (κ2) is 11.7. The summed E-state index contributed by atoms with van der Waals surface area (Å²) < 4.78 is 0. The first-order chi connectivity index (χ1) is 17.6. The third kappa shape index (κ3) is 7.00. The van der Waals surface area contributed by atoms with Gasteiger partial charge in [0.1, 0.15) is 0 Å². The first kappa shape index (κ1) is 27.8. The molecule has 3 N–H and O–H groups in total. The summed E-state index contributed by atoms with van der Waals surface area (Å²) in [7, 11) is 0. The lowest BCUT2D eigenvalue weighted by molar-refractivity contribution is -0.138. The number of rotatable bonds is 10. The number of carboxylic acids is 1. The summed E-state index contributed by atoms with van der Waals surface area (Å²) in [6.07, 6.45) is 9.38. The van der Waals surface area contributed by atoms with E-state index in [1.54, 1.807) is 0 Å². The highest BCUT2D eigenvalue weighted by Crippen LogP contribution is 2.44. The number of benzene rings is 2. The molecular formula is C31H43ClN2O3. The second-order valence-corrected chi connectivity index (χ2v) is 12.3. The monoisotopic (exact) mass is 526 g/mol. The van der Waals surface area contributed by atoms with Crippen molar-refractivity contribution in [3.05, 3.63) is 53.1 Å². The average Bonchev–Trinajstić information content (AvgIpc) is 3.35. The van der Waals surface area contributed by atoms with E-state index >= 15 is 0 Å². The average molecular weight is 527 g/mol. The standard InChI is InChI=1S/C31H43ClN2O3/c1-4-34(26-15-17-31(3,37)18-16-26)28-14-9-23(19-27(28)33-25-12-10-24(32)11-13-25)30(2,21-29(35)36)20-22-7-5-6-8-22/h9-14,19,22,26,33,37H,4-8,15-18,20-21H2,1-3H3,(H,35,36). The number of anilines is 3. The van der Waals surface area contributed by atoms with Crippen molar-refractivity contribution < 1.29 is 15.0 Å². The van der Waals surface area contributed by atoms with E-state index in [0.717, 1.165) is 61.3 Å². The Balaban J connectivity index is 1.72. The SMILES string of the molecule is CCN(c1ccc(C(C)(CC(=O)O)CC2CCCC2)cc1Nc1ccc(Cl)cc1)C1CCC(C)(O)CC1. The molecule has 37 heavy (non-hydrogen) atoms. The maximum Gasteiger partial charge on any atom is 0.304 e. The highest BCUT2D eigenvalue weighted by atomic mass is 35.5. The van der Waals surface area contributed by atoms with E-state index in [2.05, 4.69) is 42.3 Å². The summed E-state index contributed by atoms with van der Waals surface area (Å²) in [5, 5.41) is 24.7. The summed E-state index contributed by atoms with van der Waals surface area (Å²) in [6, 6.07) is 14.6. The van der Waals surface area contributed by atoms with Gasteiger partial charge in [0.2, 0.25) is 0 Å². The maximum absolute atomic E-state index is 12.0. The summed E-state index contributed by atoms with van der Waals surface area (Å²) in [5.41, 5.74) is 3.11. The smallest absolute Gasteiger partial charge is 0.304 e. The van der Waals surface area contributed by atoms with Gasteiger partial charge in [-0.15, -0.1) is 0 Å². The van der Waals surface area contributed by atoms with E-state index in [9.17, 15) is 15.0 Å². The molecule has 0 radical (unpaired) electrons. The number of hydrogen-bond donors (Lipinski definition) is 3. The predicted molar refractivity (Wildman–Crippen MR) is 153 cm³/mol. The van der Waals surface area contributed by atoms with Crippen LogP contribution in [0.2, 0.25) is 5.02 Å². The minimum atomic E-state index is -0.749. The zero-order valence-electron chi connectivity index (χ0n) is 22.6. The Bertz CT molecular complexity index is 1050. The summed E-state index contributed by atoms with van der Waals surface area (Å²) in [5.74, 6) is -0.167. The zero-order valence-corrected chi connectivity index (χ0v) is 23.4. The van der Waals surface area contributed by atoms with Crippen LogP contribution in [0.4, 0.5) is 17.1 Å². The summed E-state index contributed by atoms with van der Waals surface area (Å²) in [6.45, 7) is 7.11. The summed E-state index contributed by atoms with van der Waals surface area (Å²) in [4.78, 5) is 14.4. The van der Waals surface area contributed by atoms with Gasteiger partial charge in [0, 0.05) is 28.7 Å². The molecule has 2 aromatic carbocycles. The van der Waals surface area contributed by atoms with Crippen LogP contribution in [0.5, 0.6) is 0 Å². The van der Waals surface area contributed by atoms with Crippen LogP contribution >= 0.6 is 11.6 Å². The Morgan fingerprint density at radius 3 is 2.35 bits per heavy atom. The Morgan fingerprint density at radius 2 is 1.76 bits per heavy atom. The second-order valence-electron chi connectivity index (χ2n) is 11.9. The predicted octanol–water partition coefficient (Wildman–Crippen LogP) is 7.92. The molecule has 0 aliphatic heterocycles. The fourth-order valence-electron chi connectivity index (χ4n) is 6.59. The molecule has 2 fully saturated rings. The molecule has 2 aliphatic carbocycles. The molecule has 5 nitrogen and oxygen atoms in total. The highest BCUT2D eigenvalue weighted by Gasteiger charge is 2.35. The van der Waals surface area contributed by atoms with Crippen molar-refractivity contribution in [2.24, 2.45) is 5.92 Å². The topological polar surface area (TPSA) is 72.8 Å². The van der Waals surface area contributed by atoms with Gasteiger partial charge in [-0.3, -0.25) is 4.79 Å². The lowest BCUT2D eigenvalue weighted by Gasteiger charge is -2.41. The fourth-order valence-corrected chi connectivity index (χ4v) is 6.72. The van der Waals surface area contributed by atoms with Crippen LogP contribution in [-0.2, 0) is 10.2 Å². The van der Waals surface area contributed by atoms with Crippen LogP contribution < -0.4 is 10.2 Å². The summed E-state index contributed by atoms with van der Waals surface area (Å²) >= 11 is 6.15. The zero-order chi connectivity index (χ0) is 26.6. The molecule has 0 bridgehead atoms. The molecule has 0 amide bonds. The molecule has 4 rings (SSSR count). The van der Waals surface area contributed by atoms with Crippen molar-refractivity contribution in [2.45, 2.75) is 102 Å². The molecular weight excluding hydrogens is 484 g/mol. The van der Waals surface area contributed by atoms with Crippen LogP contribution in [-0.4, -0.2) is 34.4 Å². The first-order valence-corrected chi connectivity index (χ1v) is 14.3. The third-order valence-electron chi connectivity index (χ3n) is 8.70. The molecule has 1 atom stereocenters. The van der Waals surface area contributed by atoms with Crippen LogP contribution in [0.1, 0.15) is 90.5 Å². The van der Waals surface area contributed by atoms with Gasteiger partial charge in [-0.25, -0.2) is 0 Å². The van der Waals surface area contributed by atoms with Gasteiger partial charge >= 0.3 is 5.97 Å². The molecule has 1 unspecified atom stereocenters. The number of carboxylic acid groups (broad SMARTS) is 1. The Kier molecular flexibility index (Phi) is 8.75. The molecule has 0 heterocycles. The lowest BCUT2D eigenvalue weighted by Crippen LogP contribution is -2.42. The minimum absolute atomic E-state index is 0.123. The van der Waals surface area contributed by atoms with Crippen molar-refractivity contribution >= 4 is 34.6 Å².